The third-order valence-electron chi connectivity index (χ3n) is 10.4. The number of hydrogen-bond acceptors (Lipinski definition) is 1. The number of benzene rings is 4. The highest BCUT2D eigenvalue weighted by molar-refractivity contribution is 6.06. The first-order chi connectivity index (χ1) is 24.0. The molecule has 0 saturated carbocycles. The first-order valence-electron chi connectivity index (χ1n) is 17.1. The van der Waals surface area contributed by atoms with Gasteiger partial charge in [0.05, 0.1) is 5.56 Å². The predicted molar refractivity (Wildman–Crippen MR) is 195 cm³/mol. The lowest BCUT2D eigenvalue weighted by molar-refractivity contribution is -0.838. The molecule has 8 aromatic rings. The Morgan fingerprint density at radius 1 is 0.551 bits per heavy atom. The lowest BCUT2D eigenvalue weighted by atomic mass is 9.95. The van der Waals surface area contributed by atoms with Gasteiger partial charge in [-0.15, -0.1) is 0 Å². The van der Waals surface area contributed by atoms with Crippen molar-refractivity contribution in [2.75, 3.05) is 0 Å². The van der Waals surface area contributed by atoms with Crippen molar-refractivity contribution < 1.29 is 18.1 Å². The second-order valence-electron chi connectivity index (χ2n) is 13.4. The molecule has 236 valence electrons. The summed E-state index contributed by atoms with van der Waals surface area (Å²) in [6.07, 6.45) is 6.82. The molecular formula is C45H38N3O+3. The minimum atomic E-state index is 0.0378. The molecule has 4 heteroatoms. The Kier molecular flexibility index (Phi) is 6.98. The smallest absolute Gasteiger partial charge is 0.282 e. The van der Waals surface area contributed by atoms with Crippen LogP contribution >= 0.6 is 0 Å². The van der Waals surface area contributed by atoms with Crippen molar-refractivity contribution in [2.24, 2.45) is 0 Å². The van der Waals surface area contributed by atoms with Crippen LogP contribution in [0.15, 0.2) is 156 Å². The van der Waals surface area contributed by atoms with Crippen LogP contribution in [0.3, 0.4) is 0 Å². The molecular weight excluding hydrogens is 599 g/mol. The Morgan fingerprint density at radius 2 is 1.29 bits per heavy atom. The van der Waals surface area contributed by atoms with Gasteiger partial charge in [0.25, 0.3) is 12.1 Å². The number of rotatable bonds is 6. The highest BCUT2D eigenvalue weighted by Gasteiger charge is 2.49. The first-order valence-corrected chi connectivity index (χ1v) is 17.1. The van der Waals surface area contributed by atoms with E-state index in [1.807, 2.05) is 6.07 Å². The quantitative estimate of drug-likeness (QED) is 0.167. The maximum absolute atomic E-state index is 6.29. The summed E-state index contributed by atoms with van der Waals surface area (Å²) in [6.45, 7) is 7.36. The fourth-order valence-electron chi connectivity index (χ4n) is 8.01. The third kappa shape index (κ3) is 4.86. The second kappa shape index (κ2) is 11.7. The number of furan rings is 1. The van der Waals surface area contributed by atoms with E-state index >= 15 is 0 Å². The molecule has 49 heavy (non-hydrogen) atoms. The minimum absolute atomic E-state index is 0.0378. The zero-order valence-corrected chi connectivity index (χ0v) is 28.0. The van der Waals surface area contributed by atoms with Crippen molar-refractivity contribution in [1.29, 1.82) is 0 Å². The van der Waals surface area contributed by atoms with E-state index in [1.165, 1.54) is 56.0 Å². The van der Waals surface area contributed by atoms with Gasteiger partial charge in [0, 0.05) is 63.9 Å². The van der Waals surface area contributed by atoms with E-state index in [0.717, 1.165) is 28.5 Å². The maximum atomic E-state index is 6.29. The number of para-hydroxylation sites is 1. The molecule has 0 radical (unpaired) electrons. The molecule has 0 spiro atoms. The predicted octanol–water partition coefficient (Wildman–Crippen LogP) is 9.22. The number of aryl methyl sites for hydroxylation is 3. The van der Waals surface area contributed by atoms with E-state index in [1.54, 1.807) is 0 Å². The largest absolute Gasteiger partial charge is 0.456 e. The van der Waals surface area contributed by atoms with Gasteiger partial charge in [0.2, 0.25) is 23.6 Å². The molecule has 4 aromatic carbocycles. The van der Waals surface area contributed by atoms with Crippen molar-refractivity contribution in [3.8, 4) is 33.8 Å². The van der Waals surface area contributed by atoms with Gasteiger partial charge in [0.15, 0.2) is 18.6 Å². The Morgan fingerprint density at radius 3 is 2.16 bits per heavy atom. The lowest BCUT2D eigenvalue weighted by Gasteiger charge is -2.19. The van der Waals surface area contributed by atoms with E-state index in [0.29, 0.717) is 0 Å². The fraction of sp³-hybridized carbons (Fsp3) is 0.133. The average Bonchev–Trinajstić information content (AvgIpc) is 3.66. The maximum Gasteiger partial charge on any atom is 0.282 e. The van der Waals surface area contributed by atoms with Gasteiger partial charge in [0.1, 0.15) is 11.2 Å². The second-order valence-corrected chi connectivity index (χ2v) is 13.4. The lowest BCUT2D eigenvalue weighted by Crippen LogP contribution is -2.58. The Bertz CT molecular complexity index is 2500. The Labute approximate surface area is 286 Å². The van der Waals surface area contributed by atoms with Crippen LogP contribution in [-0.4, -0.2) is 0 Å². The number of fused-ring (bicyclic) bond motifs is 6. The summed E-state index contributed by atoms with van der Waals surface area (Å²) in [6, 6.07) is 48.4. The van der Waals surface area contributed by atoms with Crippen molar-refractivity contribution in [1.82, 2.24) is 0 Å². The minimum Gasteiger partial charge on any atom is -0.456 e. The number of hydrogen-bond donors (Lipinski definition) is 0. The van der Waals surface area contributed by atoms with E-state index in [-0.39, 0.29) is 12.1 Å². The molecule has 4 aromatic heterocycles. The van der Waals surface area contributed by atoms with E-state index < -0.39 is 0 Å². The van der Waals surface area contributed by atoms with Crippen molar-refractivity contribution >= 4 is 21.9 Å². The summed E-state index contributed by atoms with van der Waals surface area (Å²) in [5.74, 6) is 0. The molecule has 9 rings (SSSR count). The van der Waals surface area contributed by atoms with Crippen LogP contribution in [-0.2, 0) is 6.54 Å². The van der Waals surface area contributed by atoms with E-state index in [4.69, 9.17) is 4.42 Å². The molecule has 0 aliphatic carbocycles. The van der Waals surface area contributed by atoms with E-state index in [2.05, 4.69) is 180 Å². The molecule has 2 unspecified atom stereocenters. The monoisotopic (exact) mass is 636 g/mol. The fourth-order valence-corrected chi connectivity index (χ4v) is 8.01. The molecule has 2 atom stereocenters. The Hall–Kier alpha value is -5.87. The average molecular weight is 637 g/mol. The summed E-state index contributed by atoms with van der Waals surface area (Å²) in [5, 5.41) is 2.29. The number of nitrogens with zero attached hydrogens (tertiary/aromatic N) is 3. The van der Waals surface area contributed by atoms with Gasteiger partial charge >= 0.3 is 0 Å². The van der Waals surface area contributed by atoms with Gasteiger partial charge in [-0.3, -0.25) is 0 Å². The highest BCUT2D eigenvalue weighted by Crippen LogP contribution is 2.39. The van der Waals surface area contributed by atoms with Gasteiger partial charge in [-0.25, -0.2) is 0 Å². The molecule has 1 aliphatic rings. The van der Waals surface area contributed by atoms with Crippen molar-refractivity contribution in [2.45, 2.75) is 39.4 Å². The summed E-state index contributed by atoms with van der Waals surface area (Å²) < 4.78 is 13.8. The highest BCUT2D eigenvalue weighted by atomic mass is 16.3. The Balaban J connectivity index is 1.27. The third-order valence-corrected chi connectivity index (χ3v) is 10.4. The van der Waals surface area contributed by atoms with Gasteiger partial charge < -0.3 is 4.42 Å². The van der Waals surface area contributed by atoms with E-state index in [9.17, 15) is 0 Å². The zero-order chi connectivity index (χ0) is 33.1. The SMILES string of the molecule is Cc1cc[n+](CC(C2c3ccccc3-c3cccc[n+]32)[n+]2ccccc2-c2ccccc2C)c(-c2cc3c(cc2C)oc2ccccc23)c1. The van der Waals surface area contributed by atoms with Crippen LogP contribution in [0.2, 0.25) is 0 Å². The normalized spacial score (nSPS) is 14.2. The molecule has 1 aliphatic heterocycles. The topological polar surface area (TPSA) is 24.8 Å². The molecule has 4 nitrogen and oxygen atoms in total. The summed E-state index contributed by atoms with van der Waals surface area (Å²) >= 11 is 0. The number of pyridine rings is 3. The molecule has 0 amide bonds. The molecule has 0 N–H and O–H groups in total. The van der Waals surface area contributed by atoms with Crippen LogP contribution in [0.4, 0.5) is 0 Å². The van der Waals surface area contributed by atoms with Crippen LogP contribution in [0.25, 0.3) is 55.7 Å². The first kappa shape index (κ1) is 29.3. The van der Waals surface area contributed by atoms with Crippen molar-refractivity contribution in [3.63, 3.8) is 0 Å². The van der Waals surface area contributed by atoms with Gasteiger partial charge in [-0.05, 0) is 79.9 Å². The van der Waals surface area contributed by atoms with Crippen LogP contribution < -0.4 is 13.7 Å². The summed E-state index contributed by atoms with van der Waals surface area (Å²) in [4.78, 5) is 0. The zero-order valence-electron chi connectivity index (χ0n) is 28.0. The summed E-state index contributed by atoms with van der Waals surface area (Å²) in [7, 11) is 0. The summed E-state index contributed by atoms with van der Waals surface area (Å²) in [5.41, 5.74) is 14.3. The van der Waals surface area contributed by atoms with Crippen molar-refractivity contribution in [3.05, 3.63) is 174 Å². The number of aromatic nitrogens is 3. The molecule has 0 saturated heterocycles. The van der Waals surface area contributed by atoms with Gasteiger partial charge in [-0.1, -0.05) is 54.6 Å². The van der Waals surface area contributed by atoms with Crippen LogP contribution in [0.5, 0.6) is 0 Å². The molecule has 5 heterocycles. The van der Waals surface area contributed by atoms with Crippen LogP contribution in [0, 0.1) is 20.8 Å². The standard InChI is InChI=1S/C45H38N3O/c1-30-22-25-46(41(26-30)37-28-38-35-17-8-9-21-43(35)49-44(38)27-32(37)3)29-42(47-23-12-10-19-39(47)33-15-5-4-14-31(33)2)45-36-18-7-6-16-34(36)40-20-11-13-24-48(40)45/h4-28,42,45H,29H2,1-3H3/q+3. The van der Waals surface area contributed by atoms with Crippen LogP contribution in [0.1, 0.15) is 34.3 Å². The molecule has 0 fully saturated rings. The molecule has 0 bridgehead atoms. The van der Waals surface area contributed by atoms with Gasteiger partial charge in [-0.2, -0.15) is 13.7 Å².